The van der Waals surface area contributed by atoms with Gasteiger partial charge in [0.15, 0.2) is 5.11 Å². The van der Waals surface area contributed by atoms with E-state index in [1.165, 1.54) is 4.90 Å². The van der Waals surface area contributed by atoms with E-state index in [1.807, 2.05) is 48.5 Å². The third-order valence-electron chi connectivity index (χ3n) is 2.57. The van der Waals surface area contributed by atoms with Crippen LogP contribution in [0.2, 0.25) is 5.02 Å². The summed E-state index contributed by atoms with van der Waals surface area (Å²) in [7, 11) is 0. The van der Waals surface area contributed by atoms with Crippen LogP contribution in [0.1, 0.15) is 0 Å². The molecule has 0 saturated carbocycles. The molecule has 0 radical (unpaired) electrons. The third kappa shape index (κ3) is 6.26. The van der Waals surface area contributed by atoms with Crippen LogP contribution >= 0.6 is 51.5 Å². The van der Waals surface area contributed by atoms with Crippen molar-refractivity contribution in [1.82, 2.24) is 5.32 Å². The fourth-order valence-electron chi connectivity index (χ4n) is 1.57. The lowest BCUT2D eigenvalue weighted by Crippen LogP contribution is -2.30. The van der Waals surface area contributed by atoms with Crippen LogP contribution in [0.15, 0.2) is 57.9 Å². The Kier molecular flexibility index (Phi) is 6.83. The van der Waals surface area contributed by atoms with Crippen molar-refractivity contribution in [2.75, 3.05) is 17.6 Å². The van der Waals surface area contributed by atoms with Crippen LogP contribution in [-0.4, -0.2) is 17.4 Å². The van der Waals surface area contributed by atoms with Crippen molar-refractivity contribution in [3.05, 3.63) is 58.0 Å². The third-order valence-corrected chi connectivity index (χ3v) is 4.61. The molecule has 0 unspecified atom stereocenters. The zero-order valence-corrected chi connectivity index (χ0v) is 15.1. The molecule has 2 nitrogen and oxygen atoms in total. The molecular weight excluding hydrogens is 388 g/mol. The van der Waals surface area contributed by atoms with Gasteiger partial charge in [-0.25, -0.2) is 0 Å². The van der Waals surface area contributed by atoms with E-state index < -0.39 is 0 Å². The molecule has 0 aliphatic heterocycles. The van der Waals surface area contributed by atoms with Crippen LogP contribution in [-0.2, 0) is 0 Å². The van der Waals surface area contributed by atoms with Crippen LogP contribution in [0.5, 0.6) is 0 Å². The molecule has 0 amide bonds. The van der Waals surface area contributed by atoms with E-state index in [4.69, 9.17) is 23.8 Å². The summed E-state index contributed by atoms with van der Waals surface area (Å²) >= 11 is 16.3. The highest BCUT2D eigenvalue weighted by Crippen LogP contribution is 2.19. The molecule has 0 aromatic heterocycles. The molecule has 0 heterocycles. The molecular formula is C15H14BrClN2S2. The maximum Gasteiger partial charge on any atom is 0.170 e. The largest absolute Gasteiger partial charge is 0.362 e. The fraction of sp³-hybridized carbons (Fsp3) is 0.133. The number of rotatable bonds is 5. The molecule has 0 aliphatic carbocycles. The van der Waals surface area contributed by atoms with E-state index in [-0.39, 0.29) is 0 Å². The van der Waals surface area contributed by atoms with Gasteiger partial charge in [0.2, 0.25) is 0 Å². The Labute approximate surface area is 147 Å². The number of anilines is 1. The Hall–Kier alpha value is -0.750. The first-order valence-corrected chi connectivity index (χ1v) is 8.89. The first-order chi connectivity index (χ1) is 10.1. The van der Waals surface area contributed by atoms with Crippen molar-refractivity contribution >= 4 is 62.3 Å². The molecule has 21 heavy (non-hydrogen) atoms. The van der Waals surface area contributed by atoms with Crippen LogP contribution < -0.4 is 10.6 Å². The Morgan fingerprint density at radius 3 is 2.43 bits per heavy atom. The second-order valence-electron chi connectivity index (χ2n) is 4.19. The molecule has 0 spiro atoms. The minimum atomic E-state index is 0.633. The summed E-state index contributed by atoms with van der Waals surface area (Å²) < 4.78 is 1.05. The van der Waals surface area contributed by atoms with Gasteiger partial charge in [0.25, 0.3) is 0 Å². The number of halogens is 2. The van der Waals surface area contributed by atoms with Crippen molar-refractivity contribution < 1.29 is 0 Å². The highest BCUT2D eigenvalue weighted by Gasteiger charge is 1.98. The van der Waals surface area contributed by atoms with Crippen LogP contribution in [0.4, 0.5) is 5.69 Å². The summed E-state index contributed by atoms with van der Waals surface area (Å²) in [6, 6.07) is 15.7. The number of thioether (sulfide) groups is 1. The van der Waals surface area contributed by atoms with E-state index >= 15 is 0 Å². The molecule has 0 atom stereocenters. The lowest BCUT2D eigenvalue weighted by molar-refractivity contribution is 0.990. The van der Waals surface area contributed by atoms with Crippen molar-refractivity contribution in [3.8, 4) is 0 Å². The lowest BCUT2D eigenvalue weighted by Gasteiger charge is -2.10. The van der Waals surface area contributed by atoms with Gasteiger partial charge in [-0.1, -0.05) is 27.5 Å². The monoisotopic (exact) mass is 400 g/mol. The first kappa shape index (κ1) is 16.6. The molecule has 0 bridgehead atoms. The van der Waals surface area contributed by atoms with Gasteiger partial charge in [-0.3, -0.25) is 0 Å². The van der Waals surface area contributed by atoms with Gasteiger partial charge in [-0.2, -0.15) is 0 Å². The van der Waals surface area contributed by atoms with Crippen LogP contribution in [0, 0.1) is 0 Å². The average molecular weight is 402 g/mol. The van der Waals surface area contributed by atoms with Crippen molar-refractivity contribution in [2.45, 2.75) is 4.90 Å². The Balaban J connectivity index is 1.67. The minimum Gasteiger partial charge on any atom is -0.362 e. The zero-order chi connectivity index (χ0) is 15.1. The Morgan fingerprint density at radius 1 is 1.10 bits per heavy atom. The number of hydrogen-bond acceptors (Lipinski definition) is 2. The number of nitrogens with one attached hydrogen (secondary N) is 2. The SMILES string of the molecule is S=C(NCCSc1ccc(Cl)cc1)Nc1ccc(Br)cc1. The normalized spacial score (nSPS) is 10.2. The predicted octanol–water partition coefficient (Wildman–Crippen LogP) is 5.18. The number of benzene rings is 2. The maximum absolute atomic E-state index is 5.85. The summed E-state index contributed by atoms with van der Waals surface area (Å²) in [4.78, 5) is 1.20. The second kappa shape index (κ2) is 8.63. The molecule has 2 rings (SSSR count). The summed E-state index contributed by atoms with van der Waals surface area (Å²) in [6.45, 7) is 0.801. The topological polar surface area (TPSA) is 24.1 Å². The van der Waals surface area contributed by atoms with Gasteiger partial charge in [-0.15, -0.1) is 11.8 Å². The maximum atomic E-state index is 5.85. The molecule has 2 N–H and O–H groups in total. The summed E-state index contributed by atoms with van der Waals surface area (Å²) in [5.74, 6) is 0.934. The van der Waals surface area contributed by atoms with Crippen LogP contribution in [0.3, 0.4) is 0 Å². The van der Waals surface area contributed by atoms with Crippen LogP contribution in [0.25, 0.3) is 0 Å². The summed E-state index contributed by atoms with van der Waals surface area (Å²) in [5.41, 5.74) is 0.973. The van der Waals surface area contributed by atoms with E-state index in [0.29, 0.717) is 5.11 Å². The van der Waals surface area contributed by atoms with Gasteiger partial charge < -0.3 is 10.6 Å². The van der Waals surface area contributed by atoms with Crippen molar-refractivity contribution in [2.24, 2.45) is 0 Å². The molecule has 2 aromatic carbocycles. The Bertz CT molecular complexity index is 588. The van der Waals surface area contributed by atoms with Gasteiger partial charge in [-0.05, 0) is 60.7 Å². The lowest BCUT2D eigenvalue weighted by atomic mass is 10.3. The molecule has 6 heteroatoms. The van der Waals surface area contributed by atoms with Crippen molar-refractivity contribution in [3.63, 3.8) is 0 Å². The van der Waals surface area contributed by atoms with Gasteiger partial charge in [0.05, 0.1) is 0 Å². The summed E-state index contributed by atoms with van der Waals surface area (Å²) in [5, 5.41) is 7.73. The zero-order valence-electron chi connectivity index (χ0n) is 11.1. The fourth-order valence-corrected chi connectivity index (χ4v) is 2.95. The molecule has 110 valence electrons. The molecule has 2 aromatic rings. The van der Waals surface area contributed by atoms with E-state index in [2.05, 4.69) is 26.6 Å². The highest BCUT2D eigenvalue weighted by molar-refractivity contribution is 9.10. The standard InChI is InChI=1S/C15H14BrClN2S2/c16-11-1-5-13(6-2-11)19-15(20)18-9-10-21-14-7-3-12(17)4-8-14/h1-8H,9-10H2,(H2,18,19,20). The first-order valence-electron chi connectivity index (χ1n) is 6.32. The van der Waals surface area contributed by atoms with E-state index in [1.54, 1.807) is 11.8 Å². The number of thiocarbonyl (C=S) groups is 1. The summed E-state index contributed by atoms with van der Waals surface area (Å²) in [6.07, 6.45) is 0. The quantitative estimate of drug-likeness (QED) is 0.409. The highest BCUT2D eigenvalue weighted by atomic mass is 79.9. The van der Waals surface area contributed by atoms with Gasteiger partial charge >= 0.3 is 0 Å². The number of hydrogen-bond donors (Lipinski definition) is 2. The average Bonchev–Trinajstić information content (AvgIpc) is 2.48. The second-order valence-corrected chi connectivity index (χ2v) is 7.12. The van der Waals surface area contributed by atoms with E-state index in [9.17, 15) is 0 Å². The predicted molar refractivity (Wildman–Crippen MR) is 101 cm³/mol. The molecule has 0 saturated heterocycles. The van der Waals surface area contributed by atoms with Gasteiger partial charge in [0, 0.05) is 32.4 Å². The minimum absolute atomic E-state index is 0.633. The molecule has 0 fully saturated rings. The Morgan fingerprint density at radius 2 is 1.76 bits per heavy atom. The van der Waals surface area contributed by atoms with Crippen molar-refractivity contribution in [1.29, 1.82) is 0 Å². The molecule has 0 aliphatic rings. The van der Waals surface area contributed by atoms with Gasteiger partial charge in [0.1, 0.15) is 0 Å². The smallest absolute Gasteiger partial charge is 0.170 e. The van der Waals surface area contributed by atoms with E-state index in [0.717, 1.165) is 27.5 Å².